The zero-order valence-electron chi connectivity index (χ0n) is 16.5. The molecule has 1 saturated heterocycles. The van der Waals surface area contributed by atoms with Crippen LogP contribution in [0.4, 0.5) is 0 Å². The molecule has 0 spiro atoms. The number of likely N-dealkylation sites (N-methyl/N-ethyl adjacent to an activating group) is 1. The maximum atomic E-state index is 12.9. The molecule has 0 bridgehead atoms. The van der Waals surface area contributed by atoms with E-state index in [2.05, 4.69) is 15.3 Å². The summed E-state index contributed by atoms with van der Waals surface area (Å²) in [5.41, 5.74) is 0. The highest BCUT2D eigenvalue weighted by Gasteiger charge is 2.34. The van der Waals surface area contributed by atoms with E-state index in [0.29, 0.717) is 32.1 Å². The van der Waals surface area contributed by atoms with Crippen molar-refractivity contribution in [3.63, 3.8) is 0 Å². The standard InChI is InChI=1S/C20H33N5O2/c1-2-23(13-14-25-11-6-9-22-25)19(26)15-18-20(27)21-10-12-24(18)16-17-7-4-3-5-8-17/h6,9,11,17-18H,2-5,7-8,10,12-16H2,1H3,(H,21,27)/t18-/m0/s1. The molecule has 2 amide bonds. The molecule has 7 nitrogen and oxygen atoms in total. The maximum Gasteiger partial charge on any atom is 0.237 e. The Morgan fingerprint density at radius 1 is 1.33 bits per heavy atom. The first-order chi connectivity index (χ1) is 13.2. The number of piperazine rings is 1. The van der Waals surface area contributed by atoms with E-state index in [0.717, 1.165) is 13.1 Å². The van der Waals surface area contributed by atoms with Crippen molar-refractivity contribution in [3.05, 3.63) is 18.5 Å². The van der Waals surface area contributed by atoms with Crippen molar-refractivity contribution in [2.45, 2.75) is 58.0 Å². The van der Waals surface area contributed by atoms with Crippen LogP contribution in [0.5, 0.6) is 0 Å². The molecule has 1 aromatic rings. The van der Waals surface area contributed by atoms with E-state index in [9.17, 15) is 9.59 Å². The summed E-state index contributed by atoms with van der Waals surface area (Å²) in [7, 11) is 0. The fraction of sp³-hybridized carbons (Fsp3) is 0.750. The lowest BCUT2D eigenvalue weighted by Gasteiger charge is -2.38. The molecule has 150 valence electrons. The molecule has 7 heteroatoms. The van der Waals surface area contributed by atoms with Crippen LogP contribution in [-0.2, 0) is 16.1 Å². The molecule has 1 N–H and O–H groups in total. The Morgan fingerprint density at radius 2 is 2.15 bits per heavy atom. The third-order valence-corrected chi connectivity index (χ3v) is 5.92. The van der Waals surface area contributed by atoms with E-state index in [-0.39, 0.29) is 24.3 Å². The van der Waals surface area contributed by atoms with Gasteiger partial charge in [-0.2, -0.15) is 5.10 Å². The van der Waals surface area contributed by atoms with Crippen LogP contribution < -0.4 is 5.32 Å². The second kappa shape index (κ2) is 9.88. The van der Waals surface area contributed by atoms with Gasteiger partial charge >= 0.3 is 0 Å². The van der Waals surface area contributed by atoms with Gasteiger partial charge in [-0.25, -0.2) is 0 Å². The number of rotatable bonds is 8. The average molecular weight is 376 g/mol. The van der Waals surface area contributed by atoms with Gasteiger partial charge in [-0.3, -0.25) is 19.2 Å². The highest BCUT2D eigenvalue weighted by atomic mass is 16.2. The number of nitrogens with one attached hydrogen (secondary N) is 1. The van der Waals surface area contributed by atoms with Crippen LogP contribution in [0.3, 0.4) is 0 Å². The second-order valence-electron chi connectivity index (χ2n) is 7.75. The molecule has 1 aliphatic heterocycles. The number of nitrogens with zero attached hydrogens (tertiary/aromatic N) is 4. The van der Waals surface area contributed by atoms with Crippen LogP contribution in [0.1, 0.15) is 45.4 Å². The summed E-state index contributed by atoms with van der Waals surface area (Å²) in [5.74, 6) is 0.734. The van der Waals surface area contributed by atoms with Crippen molar-refractivity contribution in [1.82, 2.24) is 24.9 Å². The molecule has 0 radical (unpaired) electrons. The zero-order chi connectivity index (χ0) is 19.1. The molecule has 0 unspecified atom stereocenters. The van der Waals surface area contributed by atoms with Crippen molar-refractivity contribution in [1.29, 1.82) is 0 Å². The highest BCUT2D eigenvalue weighted by molar-refractivity contribution is 5.88. The van der Waals surface area contributed by atoms with Gasteiger partial charge in [0, 0.05) is 45.1 Å². The van der Waals surface area contributed by atoms with Crippen molar-refractivity contribution in [2.75, 3.05) is 32.7 Å². The number of amides is 2. The fourth-order valence-electron chi connectivity index (χ4n) is 4.31. The SMILES string of the molecule is CCN(CCn1cccn1)C(=O)C[C@H]1C(=O)NCCN1CC1CCCCC1. The normalized spacial score (nSPS) is 21.8. The first kappa shape index (κ1) is 19.9. The van der Waals surface area contributed by atoms with Crippen molar-refractivity contribution in [2.24, 2.45) is 5.92 Å². The summed E-state index contributed by atoms with van der Waals surface area (Å²) in [5, 5.41) is 7.14. The largest absolute Gasteiger partial charge is 0.353 e. The van der Waals surface area contributed by atoms with Crippen molar-refractivity contribution >= 4 is 11.8 Å². The lowest BCUT2D eigenvalue weighted by atomic mass is 9.88. The predicted octanol–water partition coefficient (Wildman–Crippen LogP) is 1.50. The van der Waals surface area contributed by atoms with Gasteiger partial charge in [-0.1, -0.05) is 19.3 Å². The lowest BCUT2D eigenvalue weighted by Crippen LogP contribution is -2.57. The maximum absolute atomic E-state index is 12.9. The van der Waals surface area contributed by atoms with E-state index < -0.39 is 0 Å². The second-order valence-corrected chi connectivity index (χ2v) is 7.75. The summed E-state index contributed by atoms with van der Waals surface area (Å²) in [6.07, 6.45) is 10.3. The van der Waals surface area contributed by atoms with Crippen LogP contribution in [0.15, 0.2) is 18.5 Å². The number of carbonyl (C=O) groups is 2. The molecule has 1 saturated carbocycles. The van der Waals surface area contributed by atoms with Crippen LogP contribution >= 0.6 is 0 Å². The molecule has 2 fully saturated rings. The molecule has 2 aliphatic rings. The molecule has 1 aliphatic carbocycles. The minimum Gasteiger partial charge on any atom is -0.353 e. The Kier molecular flexibility index (Phi) is 7.26. The molecule has 1 atom stereocenters. The zero-order valence-corrected chi connectivity index (χ0v) is 16.5. The van der Waals surface area contributed by atoms with Crippen LogP contribution in [-0.4, -0.2) is 70.2 Å². The van der Waals surface area contributed by atoms with Gasteiger partial charge in [0.1, 0.15) is 0 Å². The highest BCUT2D eigenvalue weighted by Crippen LogP contribution is 2.26. The minimum atomic E-state index is -0.327. The predicted molar refractivity (Wildman–Crippen MR) is 104 cm³/mol. The van der Waals surface area contributed by atoms with Crippen molar-refractivity contribution < 1.29 is 9.59 Å². The average Bonchev–Trinajstić information content (AvgIpc) is 3.19. The fourth-order valence-corrected chi connectivity index (χ4v) is 4.31. The Bertz CT molecular complexity index is 598. The Hall–Kier alpha value is -1.89. The van der Waals surface area contributed by atoms with Gasteiger partial charge in [-0.15, -0.1) is 0 Å². The third kappa shape index (κ3) is 5.54. The van der Waals surface area contributed by atoms with E-state index in [4.69, 9.17) is 0 Å². The van der Waals surface area contributed by atoms with Crippen LogP contribution in [0.25, 0.3) is 0 Å². The van der Waals surface area contributed by atoms with E-state index in [1.165, 1.54) is 32.1 Å². The summed E-state index contributed by atoms with van der Waals surface area (Å²) in [6, 6.07) is 1.56. The third-order valence-electron chi connectivity index (χ3n) is 5.92. The van der Waals surface area contributed by atoms with Crippen LogP contribution in [0, 0.1) is 5.92 Å². The molecular formula is C20H33N5O2. The Balaban J connectivity index is 1.56. The first-order valence-corrected chi connectivity index (χ1v) is 10.4. The molecule has 2 heterocycles. The smallest absolute Gasteiger partial charge is 0.237 e. The number of hydrogen-bond donors (Lipinski definition) is 1. The number of aromatic nitrogens is 2. The van der Waals surface area contributed by atoms with E-state index in [1.54, 1.807) is 6.20 Å². The molecule has 3 rings (SSSR count). The van der Waals surface area contributed by atoms with Crippen LogP contribution in [0.2, 0.25) is 0 Å². The first-order valence-electron chi connectivity index (χ1n) is 10.4. The van der Waals surface area contributed by atoms with E-state index in [1.807, 2.05) is 28.8 Å². The van der Waals surface area contributed by atoms with Gasteiger partial charge < -0.3 is 10.2 Å². The monoisotopic (exact) mass is 375 g/mol. The van der Waals surface area contributed by atoms with Gasteiger partial charge in [-0.05, 0) is 31.7 Å². The minimum absolute atomic E-state index is 0.00791. The van der Waals surface area contributed by atoms with Gasteiger partial charge in [0.15, 0.2) is 0 Å². The summed E-state index contributed by atoms with van der Waals surface area (Å²) < 4.78 is 1.83. The molecule has 1 aromatic heterocycles. The van der Waals surface area contributed by atoms with Gasteiger partial charge in [0.2, 0.25) is 11.8 Å². The van der Waals surface area contributed by atoms with Crippen molar-refractivity contribution in [3.8, 4) is 0 Å². The van der Waals surface area contributed by atoms with E-state index >= 15 is 0 Å². The topological polar surface area (TPSA) is 70.5 Å². The molecule has 0 aromatic carbocycles. The quantitative estimate of drug-likeness (QED) is 0.748. The molecule has 27 heavy (non-hydrogen) atoms. The summed E-state index contributed by atoms with van der Waals surface area (Å²) in [4.78, 5) is 29.5. The Labute approximate surface area is 162 Å². The van der Waals surface area contributed by atoms with Gasteiger partial charge in [0.05, 0.1) is 19.0 Å². The number of carbonyl (C=O) groups excluding carboxylic acids is 2. The lowest BCUT2D eigenvalue weighted by molar-refractivity contribution is -0.139. The number of hydrogen-bond acceptors (Lipinski definition) is 4. The Morgan fingerprint density at radius 3 is 2.85 bits per heavy atom. The molecular weight excluding hydrogens is 342 g/mol. The summed E-state index contributed by atoms with van der Waals surface area (Å²) >= 11 is 0. The van der Waals surface area contributed by atoms with Gasteiger partial charge in [0.25, 0.3) is 0 Å². The summed E-state index contributed by atoms with van der Waals surface area (Å²) in [6.45, 7) is 6.42.